The van der Waals surface area contributed by atoms with Crippen LogP contribution in [0.4, 0.5) is 0 Å². The number of ether oxygens (including phenoxy) is 1. The Morgan fingerprint density at radius 2 is 1.96 bits per heavy atom. The van der Waals surface area contributed by atoms with E-state index in [2.05, 4.69) is 0 Å². The van der Waals surface area contributed by atoms with Gasteiger partial charge in [-0.2, -0.15) is 4.31 Å². The first-order chi connectivity index (χ1) is 10.9. The summed E-state index contributed by atoms with van der Waals surface area (Å²) in [5.41, 5.74) is 10.8. The van der Waals surface area contributed by atoms with E-state index < -0.39 is 15.9 Å². The number of amides is 1. The van der Waals surface area contributed by atoms with Gasteiger partial charge in [0.25, 0.3) is 0 Å². The summed E-state index contributed by atoms with van der Waals surface area (Å²) in [6.07, 6.45) is 2.18. The second-order valence-corrected chi connectivity index (χ2v) is 7.45. The lowest BCUT2D eigenvalue weighted by Crippen LogP contribution is -2.41. The van der Waals surface area contributed by atoms with Gasteiger partial charge >= 0.3 is 0 Å². The van der Waals surface area contributed by atoms with Crippen LogP contribution in [-0.4, -0.2) is 51.0 Å². The fourth-order valence-corrected chi connectivity index (χ4v) is 4.05. The van der Waals surface area contributed by atoms with E-state index in [9.17, 15) is 13.2 Å². The molecule has 24 heavy (non-hydrogen) atoms. The zero-order chi connectivity index (χ0) is 16.9. The average Bonchev–Trinajstić information content (AvgIpc) is 2.55. The lowest BCUT2D eigenvalue weighted by Gasteiger charge is -2.31. The van der Waals surface area contributed by atoms with Crippen LogP contribution in [0.2, 0.25) is 0 Å². The number of nitrogens with zero attached hydrogens (tertiary/aromatic N) is 1. The maximum absolute atomic E-state index is 12.6. The Morgan fingerprint density at radius 1 is 1.29 bits per heavy atom. The first kappa shape index (κ1) is 20.9. The molecule has 0 atom stereocenters. The van der Waals surface area contributed by atoms with Crippen LogP contribution in [0, 0.1) is 0 Å². The van der Waals surface area contributed by atoms with E-state index in [1.165, 1.54) is 28.6 Å². The SMILES string of the molecule is Cl.NCCCOC1CCN(S(=O)(=O)c2cccc(C(N)=O)c2)CC1. The van der Waals surface area contributed by atoms with Gasteiger partial charge in [-0.15, -0.1) is 12.4 Å². The van der Waals surface area contributed by atoms with E-state index in [4.69, 9.17) is 16.2 Å². The molecule has 2 rings (SSSR count). The van der Waals surface area contributed by atoms with Crippen LogP contribution in [0.5, 0.6) is 0 Å². The third-order valence-electron chi connectivity index (χ3n) is 3.86. The summed E-state index contributed by atoms with van der Waals surface area (Å²) in [5.74, 6) is -0.644. The summed E-state index contributed by atoms with van der Waals surface area (Å²) < 4.78 is 32.4. The molecule has 9 heteroatoms. The predicted molar refractivity (Wildman–Crippen MR) is 93.6 cm³/mol. The van der Waals surface area contributed by atoms with E-state index in [1.807, 2.05) is 0 Å². The molecule has 0 aromatic heterocycles. The van der Waals surface area contributed by atoms with Gasteiger partial charge in [-0.05, 0) is 44.0 Å². The second-order valence-electron chi connectivity index (χ2n) is 5.51. The highest BCUT2D eigenvalue weighted by atomic mass is 35.5. The van der Waals surface area contributed by atoms with E-state index in [0.29, 0.717) is 39.1 Å². The number of benzene rings is 1. The lowest BCUT2D eigenvalue weighted by molar-refractivity contribution is 0.0209. The molecule has 136 valence electrons. The summed E-state index contributed by atoms with van der Waals surface area (Å²) in [6.45, 7) is 1.99. The van der Waals surface area contributed by atoms with Crippen molar-refractivity contribution in [2.75, 3.05) is 26.2 Å². The van der Waals surface area contributed by atoms with Gasteiger partial charge in [-0.1, -0.05) is 6.07 Å². The minimum atomic E-state index is -3.62. The fourth-order valence-electron chi connectivity index (χ4n) is 2.53. The normalized spacial score (nSPS) is 16.5. The molecule has 0 spiro atoms. The van der Waals surface area contributed by atoms with Crippen LogP contribution in [0.15, 0.2) is 29.2 Å². The molecule has 0 aliphatic carbocycles. The lowest BCUT2D eigenvalue weighted by atomic mass is 10.1. The number of piperidine rings is 1. The van der Waals surface area contributed by atoms with Crippen molar-refractivity contribution < 1.29 is 17.9 Å². The van der Waals surface area contributed by atoms with Crippen molar-refractivity contribution in [1.82, 2.24) is 4.31 Å². The van der Waals surface area contributed by atoms with E-state index in [-0.39, 0.29) is 29.0 Å². The number of hydrogen-bond donors (Lipinski definition) is 2. The molecular weight excluding hydrogens is 354 g/mol. The molecule has 1 saturated heterocycles. The number of rotatable bonds is 7. The third kappa shape index (κ3) is 5.15. The number of nitrogens with two attached hydrogens (primary N) is 2. The topological polar surface area (TPSA) is 116 Å². The quantitative estimate of drug-likeness (QED) is 0.679. The van der Waals surface area contributed by atoms with E-state index in [1.54, 1.807) is 0 Å². The van der Waals surface area contributed by atoms with Gasteiger partial charge in [-0.25, -0.2) is 8.42 Å². The number of hydrogen-bond acceptors (Lipinski definition) is 5. The van der Waals surface area contributed by atoms with Gasteiger partial charge in [0, 0.05) is 25.3 Å². The maximum atomic E-state index is 12.6. The standard InChI is InChI=1S/C15H23N3O4S.ClH/c16-7-2-10-22-13-5-8-18(9-6-13)23(20,21)14-4-1-3-12(11-14)15(17)19;/h1,3-4,11,13H,2,5-10,16H2,(H2,17,19);1H. The van der Waals surface area contributed by atoms with Gasteiger partial charge in [0.1, 0.15) is 0 Å². The van der Waals surface area contributed by atoms with Crippen LogP contribution in [0.25, 0.3) is 0 Å². The Kier molecular flexibility index (Phi) is 8.11. The number of primary amides is 1. The molecule has 1 aromatic rings. The van der Waals surface area contributed by atoms with Gasteiger partial charge in [0.05, 0.1) is 11.0 Å². The first-order valence-electron chi connectivity index (χ1n) is 7.67. The van der Waals surface area contributed by atoms with Crippen LogP contribution < -0.4 is 11.5 Å². The Morgan fingerprint density at radius 3 is 2.54 bits per heavy atom. The zero-order valence-corrected chi connectivity index (χ0v) is 15.0. The molecule has 1 aromatic carbocycles. The van der Waals surface area contributed by atoms with Crippen molar-refractivity contribution in [2.24, 2.45) is 11.5 Å². The number of halogens is 1. The molecule has 4 N–H and O–H groups in total. The van der Waals surface area contributed by atoms with Gasteiger partial charge in [-0.3, -0.25) is 4.79 Å². The maximum Gasteiger partial charge on any atom is 0.248 e. The largest absolute Gasteiger partial charge is 0.378 e. The van der Waals surface area contributed by atoms with Crippen molar-refractivity contribution >= 4 is 28.3 Å². The van der Waals surface area contributed by atoms with Crippen LogP contribution in [-0.2, 0) is 14.8 Å². The minimum Gasteiger partial charge on any atom is -0.378 e. The Balaban J connectivity index is 0.00000288. The minimum absolute atomic E-state index is 0. The highest BCUT2D eigenvalue weighted by molar-refractivity contribution is 7.89. The van der Waals surface area contributed by atoms with Gasteiger partial charge in [0.2, 0.25) is 15.9 Å². The monoisotopic (exact) mass is 377 g/mol. The molecule has 1 aliphatic heterocycles. The predicted octanol–water partition coefficient (Wildman–Crippen LogP) is 0.726. The number of sulfonamides is 1. The van der Waals surface area contributed by atoms with Gasteiger partial charge in [0.15, 0.2) is 0 Å². The molecule has 7 nitrogen and oxygen atoms in total. The molecule has 1 amide bonds. The highest BCUT2D eigenvalue weighted by Gasteiger charge is 2.29. The van der Waals surface area contributed by atoms with Crippen molar-refractivity contribution in [1.29, 1.82) is 0 Å². The highest BCUT2D eigenvalue weighted by Crippen LogP contribution is 2.22. The van der Waals surface area contributed by atoms with E-state index >= 15 is 0 Å². The Hall–Kier alpha value is -1.19. The summed E-state index contributed by atoms with van der Waals surface area (Å²) in [6, 6.07) is 5.82. The first-order valence-corrected chi connectivity index (χ1v) is 9.11. The smallest absolute Gasteiger partial charge is 0.248 e. The summed E-state index contributed by atoms with van der Waals surface area (Å²) in [4.78, 5) is 11.3. The van der Waals surface area contributed by atoms with Crippen molar-refractivity contribution in [3.8, 4) is 0 Å². The summed E-state index contributed by atoms with van der Waals surface area (Å²) >= 11 is 0. The van der Waals surface area contributed by atoms with Crippen LogP contribution in [0.3, 0.4) is 0 Å². The van der Waals surface area contributed by atoms with Crippen molar-refractivity contribution in [2.45, 2.75) is 30.3 Å². The molecule has 0 unspecified atom stereocenters. The molecule has 1 aliphatic rings. The molecule has 1 fully saturated rings. The van der Waals surface area contributed by atoms with Gasteiger partial charge < -0.3 is 16.2 Å². The molecule has 0 bridgehead atoms. The molecular formula is C15H24ClN3O4S. The third-order valence-corrected chi connectivity index (χ3v) is 5.75. The zero-order valence-electron chi connectivity index (χ0n) is 13.4. The van der Waals surface area contributed by atoms with Crippen molar-refractivity contribution in [3.05, 3.63) is 29.8 Å². The molecule has 0 radical (unpaired) electrons. The fraction of sp³-hybridized carbons (Fsp3) is 0.533. The Labute approximate surface area is 148 Å². The van der Waals surface area contributed by atoms with Crippen LogP contribution >= 0.6 is 12.4 Å². The Bertz CT molecular complexity index is 646. The molecule has 1 heterocycles. The van der Waals surface area contributed by atoms with Crippen LogP contribution in [0.1, 0.15) is 29.6 Å². The number of carbonyl (C=O) groups excluding carboxylic acids is 1. The summed E-state index contributed by atoms with van der Waals surface area (Å²) in [5, 5.41) is 0. The molecule has 0 saturated carbocycles. The second kappa shape index (κ2) is 9.33. The number of carbonyl (C=O) groups is 1. The average molecular weight is 378 g/mol. The summed E-state index contributed by atoms with van der Waals surface area (Å²) in [7, 11) is -3.62. The van der Waals surface area contributed by atoms with E-state index in [0.717, 1.165) is 6.42 Å². The van der Waals surface area contributed by atoms with Crippen molar-refractivity contribution in [3.63, 3.8) is 0 Å².